The third-order valence-corrected chi connectivity index (χ3v) is 4.56. The van der Waals surface area contributed by atoms with E-state index >= 15 is 0 Å². The van der Waals surface area contributed by atoms with Crippen LogP contribution < -0.4 is 25.5 Å². The van der Waals surface area contributed by atoms with Crippen molar-refractivity contribution in [3.63, 3.8) is 0 Å². The molecule has 3 aromatic carbocycles. The number of hydrogen-bond donors (Lipinski definition) is 3. The minimum Gasteiger partial charge on any atom is -0.496 e. The molecule has 0 aliphatic rings. The molecule has 0 spiro atoms. The summed E-state index contributed by atoms with van der Waals surface area (Å²) in [5.74, 6) is -1.16. The molecule has 0 aromatic heterocycles. The first kappa shape index (κ1) is 24.0. The number of anilines is 2. The summed E-state index contributed by atoms with van der Waals surface area (Å²) in [6.07, 6.45) is 1.36. The second-order valence-electron chi connectivity index (χ2n) is 6.85. The molecule has 0 unspecified atom stereocenters. The van der Waals surface area contributed by atoms with Crippen molar-refractivity contribution >= 4 is 35.3 Å². The lowest BCUT2D eigenvalue weighted by Gasteiger charge is -2.11. The molecule has 3 aromatic rings. The second kappa shape index (κ2) is 11.8. The minimum absolute atomic E-state index is 0.180. The van der Waals surface area contributed by atoms with Crippen molar-refractivity contribution in [3.8, 4) is 11.5 Å². The molecular weight excluding hydrogens is 436 g/mol. The molecule has 0 aliphatic carbocycles. The molecule has 0 bridgehead atoms. The van der Waals surface area contributed by atoms with Gasteiger partial charge in [-0.15, -0.1) is 0 Å². The van der Waals surface area contributed by atoms with E-state index in [1.807, 2.05) is 6.92 Å². The average Bonchev–Trinajstić information content (AvgIpc) is 2.86. The van der Waals surface area contributed by atoms with E-state index in [0.717, 1.165) is 0 Å². The van der Waals surface area contributed by atoms with Crippen LogP contribution in [0.4, 0.5) is 11.4 Å². The lowest BCUT2D eigenvalue weighted by Crippen LogP contribution is -2.33. The van der Waals surface area contributed by atoms with Gasteiger partial charge in [0.25, 0.3) is 5.91 Å². The third kappa shape index (κ3) is 6.42. The number of nitrogens with one attached hydrogen (secondary N) is 3. The van der Waals surface area contributed by atoms with Gasteiger partial charge in [-0.2, -0.15) is 5.10 Å². The second-order valence-corrected chi connectivity index (χ2v) is 6.85. The smallest absolute Gasteiger partial charge is 0.329 e. The first-order valence-electron chi connectivity index (χ1n) is 10.4. The molecule has 0 aliphatic heterocycles. The lowest BCUT2D eigenvalue weighted by atomic mass is 10.1. The molecular formula is C25H24N4O5. The van der Waals surface area contributed by atoms with Crippen molar-refractivity contribution in [1.29, 1.82) is 0 Å². The van der Waals surface area contributed by atoms with Gasteiger partial charge in [0.1, 0.15) is 11.5 Å². The highest BCUT2D eigenvalue weighted by Gasteiger charge is 2.18. The Balaban J connectivity index is 1.63. The topological polar surface area (TPSA) is 118 Å². The number of nitrogens with zero attached hydrogens (tertiary/aromatic N) is 1. The highest BCUT2D eigenvalue weighted by Crippen LogP contribution is 2.20. The maximum atomic E-state index is 12.8. The number of para-hydroxylation sites is 2. The number of ether oxygens (including phenoxy) is 2. The van der Waals surface area contributed by atoms with Crippen molar-refractivity contribution in [2.75, 3.05) is 24.4 Å². The van der Waals surface area contributed by atoms with Crippen LogP contribution in [0.2, 0.25) is 0 Å². The van der Waals surface area contributed by atoms with Crippen LogP contribution in [0.3, 0.4) is 0 Å². The van der Waals surface area contributed by atoms with Gasteiger partial charge in [0, 0.05) is 11.3 Å². The first-order chi connectivity index (χ1) is 16.5. The summed E-state index contributed by atoms with van der Waals surface area (Å²) in [4.78, 5) is 37.3. The summed E-state index contributed by atoms with van der Waals surface area (Å²) in [5, 5.41) is 8.99. The fraction of sp³-hybridized carbons (Fsp3) is 0.120. The lowest BCUT2D eigenvalue weighted by molar-refractivity contribution is -0.136. The van der Waals surface area contributed by atoms with Gasteiger partial charge in [0.2, 0.25) is 0 Å². The van der Waals surface area contributed by atoms with Crippen molar-refractivity contribution in [1.82, 2.24) is 5.43 Å². The minimum atomic E-state index is -0.993. The summed E-state index contributed by atoms with van der Waals surface area (Å²) in [5.41, 5.74) is 3.71. The number of hydrogen-bond acceptors (Lipinski definition) is 6. The maximum Gasteiger partial charge on any atom is 0.329 e. The quantitative estimate of drug-likeness (QED) is 0.270. The number of amides is 3. The zero-order valence-electron chi connectivity index (χ0n) is 18.7. The summed E-state index contributed by atoms with van der Waals surface area (Å²) in [6.45, 7) is 2.42. The van der Waals surface area contributed by atoms with Crippen molar-refractivity contribution in [2.45, 2.75) is 6.92 Å². The highest BCUT2D eigenvalue weighted by molar-refractivity contribution is 6.40. The molecule has 0 radical (unpaired) electrons. The van der Waals surface area contributed by atoms with Crippen LogP contribution in [-0.2, 0) is 9.59 Å². The van der Waals surface area contributed by atoms with E-state index in [1.54, 1.807) is 60.7 Å². The molecule has 0 heterocycles. The van der Waals surface area contributed by atoms with Crippen LogP contribution in [0.1, 0.15) is 22.8 Å². The van der Waals surface area contributed by atoms with Gasteiger partial charge in [-0.3, -0.25) is 14.4 Å². The maximum absolute atomic E-state index is 12.8. The summed E-state index contributed by atoms with van der Waals surface area (Å²) in [6, 6.07) is 20.3. The van der Waals surface area contributed by atoms with Gasteiger partial charge in [0.15, 0.2) is 0 Å². The Bertz CT molecular complexity index is 1190. The van der Waals surface area contributed by atoms with Gasteiger partial charge >= 0.3 is 11.8 Å². The van der Waals surface area contributed by atoms with Crippen molar-refractivity contribution in [2.24, 2.45) is 5.10 Å². The summed E-state index contributed by atoms with van der Waals surface area (Å²) >= 11 is 0. The Morgan fingerprint density at radius 3 is 2.32 bits per heavy atom. The van der Waals surface area contributed by atoms with Crippen LogP contribution in [0.15, 0.2) is 77.9 Å². The van der Waals surface area contributed by atoms with Gasteiger partial charge in [-0.05, 0) is 55.5 Å². The van der Waals surface area contributed by atoms with Gasteiger partial charge < -0.3 is 20.1 Å². The normalized spacial score (nSPS) is 10.4. The van der Waals surface area contributed by atoms with Crippen molar-refractivity contribution < 1.29 is 23.9 Å². The Kier molecular flexibility index (Phi) is 8.34. The van der Waals surface area contributed by atoms with Gasteiger partial charge in [-0.25, -0.2) is 5.43 Å². The monoisotopic (exact) mass is 460 g/mol. The SMILES string of the molecule is CCOc1ccc(NC(=O)c2ccccc2NC(=O)C(=O)N/N=C/c2ccccc2OC)cc1. The number of carbonyl (C=O) groups is 3. The predicted octanol–water partition coefficient (Wildman–Crippen LogP) is 3.44. The molecule has 0 saturated heterocycles. The standard InChI is InChI=1S/C25H24N4O5/c1-3-34-19-14-12-18(13-15-19)27-23(30)20-9-5-6-10-21(20)28-24(31)25(32)29-26-16-17-8-4-7-11-22(17)33-2/h4-16H,3H2,1-2H3,(H,27,30)(H,28,31)(H,29,32)/b26-16+. The molecule has 3 N–H and O–H groups in total. The molecule has 3 rings (SSSR count). The largest absolute Gasteiger partial charge is 0.496 e. The number of hydrazone groups is 1. The molecule has 174 valence electrons. The highest BCUT2D eigenvalue weighted by atomic mass is 16.5. The van der Waals surface area contributed by atoms with E-state index in [-0.39, 0.29) is 11.3 Å². The molecule has 9 heteroatoms. The van der Waals surface area contributed by atoms with Crippen LogP contribution >= 0.6 is 0 Å². The zero-order valence-corrected chi connectivity index (χ0v) is 18.7. The molecule has 0 saturated carbocycles. The Hall–Kier alpha value is -4.66. The molecule has 0 atom stereocenters. The van der Waals surface area contributed by atoms with Crippen LogP contribution in [0.25, 0.3) is 0 Å². The Morgan fingerprint density at radius 2 is 1.59 bits per heavy atom. The Morgan fingerprint density at radius 1 is 0.882 bits per heavy atom. The molecule has 34 heavy (non-hydrogen) atoms. The summed E-state index contributed by atoms with van der Waals surface area (Å²) in [7, 11) is 1.52. The fourth-order valence-corrected chi connectivity index (χ4v) is 2.95. The number of methoxy groups -OCH3 is 1. The van der Waals surface area contributed by atoms with Crippen LogP contribution in [-0.4, -0.2) is 37.7 Å². The van der Waals surface area contributed by atoms with Crippen LogP contribution in [0, 0.1) is 0 Å². The van der Waals surface area contributed by atoms with Gasteiger partial charge in [0.05, 0.1) is 31.2 Å². The van der Waals surface area contributed by atoms with E-state index in [4.69, 9.17) is 9.47 Å². The van der Waals surface area contributed by atoms with Crippen LogP contribution in [0.5, 0.6) is 11.5 Å². The third-order valence-electron chi connectivity index (χ3n) is 4.56. The average molecular weight is 460 g/mol. The number of carbonyl (C=O) groups excluding carboxylic acids is 3. The predicted molar refractivity (Wildman–Crippen MR) is 129 cm³/mol. The van der Waals surface area contributed by atoms with E-state index < -0.39 is 17.7 Å². The van der Waals surface area contributed by atoms with E-state index in [9.17, 15) is 14.4 Å². The Labute approximate surface area is 196 Å². The zero-order chi connectivity index (χ0) is 24.3. The number of benzene rings is 3. The first-order valence-corrected chi connectivity index (χ1v) is 10.4. The van der Waals surface area contributed by atoms with Gasteiger partial charge in [-0.1, -0.05) is 24.3 Å². The van der Waals surface area contributed by atoms with E-state index in [1.165, 1.54) is 25.5 Å². The van der Waals surface area contributed by atoms with Crippen molar-refractivity contribution in [3.05, 3.63) is 83.9 Å². The molecule has 3 amide bonds. The summed E-state index contributed by atoms with van der Waals surface area (Å²) < 4.78 is 10.6. The molecule has 0 fully saturated rings. The van der Waals surface area contributed by atoms with E-state index in [0.29, 0.717) is 29.4 Å². The number of rotatable bonds is 8. The van der Waals surface area contributed by atoms with E-state index in [2.05, 4.69) is 21.2 Å². The fourth-order valence-electron chi connectivity index (χ4n) is 2.95. The molecule has 9 nitrogen and oxygen atoms in total.